The summed E-state index contributed by atoms with van der Waals surface area (Å²) in [7, 11) is 2.24. The molecule has 3 fully saturated rings. The van der Waals surface area contributed by atoms with Crippen molar-refractivity contribution in [3.63, 3.8) is 0 Å². The molecule has 0 aromatic heterocycles. The van der Waals surface area contributed by atoms with Gasteiger partial charge in [-0.3, -0.25) is 9.59 Å². The van der Waals surface area contributed by atoms with Gasteiger partial charge >= 0.3 is 11.9 Å². The Kier molecular flexibility index (Phi) is 28.4. The van der Waals surface area contributed by atoms with Gasteiger partial charge in [0.05, 0.1) is 0 Å². The number of ether oxygens (including phenoxy) is 2. The second-order valence-electron chi connectivity index (χ2n) is 25.0. The minimum absolute atomic E-state index is 0.0389. The molecule has 0 bridgehead atoms. The van der Waals surface area contributed by atoms with E-state index in [1.54, 1.807) is 5.57 Å². The molecule has 396 valence electrons. The number of carbonyl (C=O) groups is 2. The Balaban J connectivity index is 1.11. The molecule has 9 atom stereocenters. The van der Waals surface area contributed by atoms with Crippen molar-refractivity contribution < 1.29 is 19.1 Å². The Morgan fingerprint density at radius 2 is 1.22 bits per heavy atom. The average Bonchev–Trinajstić information content (AvgIpc) is 3.68. The van der Waals surface area contributed by atoms with E-state index < -0.39 is 0 Å². The summed E-state index contributed by atoms with van der Waals surface area (Å²) in [5, 5.41) is 0. The highest BCUT2D eigenvalue weighted by atomic mass is 16.5. The average molecular weight is 951 g/mol. The van der Waals surface area contributed by atoms with Crippen LogP contribution in [0.15, 0.2) is 11.6 Å². The van der Waals surface area contributed by atoms with Crippen LogP contribution in [-0.2, 0) is 19.1 Å². The molecule has 4 aliphatic carbocycles. The molecule has 0 aromatic carbocycles. The number of hydrogen-bond donors (Lipinski definition) is 0. The Bertz CT molecular complexity index is 1370. The topological polar surface area (TPSA) is 55.8 Å². The Labute approximate surface area is 423 Å². The molecular formula is C63H115NO4. The second kappa shape index (κ2) is 32.7. The molecule has 5 nitrogen and oxygen atoms in total. The van der Waals surface area contributed by atoms with E-state index in [0.29, 0.717) is 23.7 Å². The van der Waals surface area contributed by atoms with E-state index in [-0.39, 0.29) is 24.1 Å². The van der Waals surface area contributed by atoms with Crippen molar-refractivity contribution in [3.8, 4) is 0 Å². The van der Waals surface area contributed by atoms with Crippen LogP contribution < -0.4 is 0 Å². The van der Waals surface area contributed by atoms with Crippen LogP contribution in [0.25, 0.3) is 0 Å². The van der Waals surface area contributed by atoms with E-state index in [9.17, 15) is 9.59 Å². The van der Waals surface area contributed by atoms with Crippen LogP contribution in [0, 0.1) is 52.3 Å². The molecule has 0 spiro atoms. The lowest BCUT2D eigenvalue weighted by molar-refractivity contribution is -0.152. The fourth-order valence-electron chi connectivity index (χ4n) is 14.7. The van der Waals surface area contributed by atoms with Gasteiger partial charge in [0.2, 0.25) is 0 Å². The van der Waals surface area contributed by atoms with Crippen LogP contribution >= 0.6 is 0 Å². The molecule has 0 heterocycles. The summed E-state index contributed by atoms with van der Waals surface area (Å²) in [5.74, 6) is 5.96. The van der Waals surface area contributed by atoms with Crippen LogP contribution in [0.4, 0.5) is 0 Å². The number of allylic oxidation sites excluding steroid dienone is 1. The first-order valence-electron chi connectivity index (χ1n) is 30.6. The van der Waals surface area contributed by atoms with Crippen LogP contribution in [0.3, 0.4) is 0 Å². The molecule has 9 unspecified atom stereocenters. The van der Waals surface area contributed by atoms with Crippen molar-refractivity contribution >= 4 is 11.9 Å². The first-order valence-corrected chi connectivity index (χ1v) is 30.6. The van der Waals surface area contributed by atoms with Gasteiger partial charge in [0.25, 0.3) is 0 Å². The summed E-state index contributed by atoms with van der Waals surface area (Å²) < 4.78 is 12.4. The number of rotatable bonds is 38. The predicted octanol–water partition coefficient (Wildman–Crippen LogP) is 18.6. The molecule has 0 aliphatic heterocycles. The number of esters is 2. The van der Waals surface area contributed by atoms with Gasteiger partial charge in [-0.05, 0) is 162 Å². The number of hydrogen-bond acceptors (Lipinski definition) is 5. The van der Waals surface area contributed by atoms with Gasteiger partial charge < -0.3 is 14.4 Å². The minimum atomic E-state index is 0.0389. The van der Waals surface area contributed by atoms with Crippen molar-refractivity contribution in [2.75, 3.05) is 20.1 Å². The van der Waals surface area contributed by atoms with Gasteiger partial charge in [-0.15, -0.1) is 0 Å². The monoisotopic (exact) mass is 950 g/mol. The fraction of sp³-hybridized carbons (Fsp3) is 0.937. The van der Waals surface area contributed by atoms with E-state index in [2.05, 4.69) is 73.4 Å². The maximum Gasteiger partial charge on any atom is 0.306 e. The third-order valence-corrected chi connectivity index (χ3v) is 19.3. The number of nitrogens with zero attached hydrogens (tertiary/aromatic N) is 1. The van der Waals surface area contributed by atoms with Crippen molar-refractivity contribution in [1.29, 1.82) is 0 Å². The van der Waals surface area contributed by atoms with Crippen LogP contribution in [0.5, 0.6) is 0 Å². The van der Waals surface area contributed by atoms with E-state index in [1.807, 2.05) is 0 Å². The first kappa shape index (κ1) is 59.2. The SMILES string of the molecule is CCCCCCCCC(CCCCCCCC)OC(=O)CCCCCCC(CCCCCC(=O)OC1CCC2(C)C(=CCC3C2CCC2(C)C(C(C)CCCC(C)C)CCC32)C1)CCN(C)CC. The summed E-state index contributed by atoms with van der Waals surface area (Å²) in [4.78, 5) is 28.7. The van der Waals surface area contributed by atoms with E-state index >= 15 is 0 Å². The first-order chi connectivity index (χ1) is 32.8. The lowest BCUT2D eigenvalue weighted by atomic mass is 9.47. The van der Waals surface area contributed by atoms with Gasteiger partial charge in [-0.2, -0.15) is 0 Å². The van der Waals surface area contributed by atoms with Gasteiger partial charge in [0.15, 0.2) is 0 Å². The molecule has 0 aromatic rings. The smallest absolute Gasteiger partial charge is 0.306 e. The summed E-state index contributed by atoms with van der Waals surface area (Å²) in [6.07, 6.45) is 47.6. The third kappa shape index (κ3) is 19.9. The zero-order chi connectivity index (χ0) is 49.2. The third-order valence-electron chi connectivity index (χ3n) is 19.3. The largest absolute Gasteiger partial charge is 0.462 e. The summed E-state index contributed by atoms with van der Waals surface area (Å²) >= 11 is 0. The van der Waals surface area contributed by atoms with Gasteiger partial charge in [-0.1, -0.05) is 195 Å². The number of carbonyl (C=O) groups excluding carboxylic acids is 2. The maximum absolute atomic E-state index is 13.2. The summed E-state index contributed by atoms with van der Waals surface area (Å²) in [6, 6.07) is 0. The fourth-order valence-corrected chi connectivity index (χ4v) is 14.7. The quantitative estimate of drug-likeness (QED) is 0.0351. The number of unbranched alkanes of at least 4 members (excludes halogenated alkanes) is 15. The molecule has 0 N–H and O–H groups in total. The Hall–Kier alpha value is -1.36. The highest BCUT2D eigenvalue weighted by Crippen LogP contribution is 2.67. The zero-order valence-corrected chi connectivity index (χ0v) is 46.9. The van der Waals surface area contributed by atoms with Crippen molar-refractivity contribution in [2.24, 2.45) is 52.3 Å². The number of fused-ring (bicyclic) bond motifs is 5. The molecule has 0 amide bonds. The van der Waals surface area contributed by atoms with E-state index in [4.69, 9.17) is 9.47 Å². The summed E-state index contributed by atoms with van der Waals surface area (Å²) in [6.45, 7) is 21.7. The van der Waals surface area contributed by atoms with Crippen molar-refractivity contribution in [2.45, 2.75) is 305 Å². The molecular weight excluding hydrogens is 835 g/mol. The lowest BCUT2D eigenvalue weighted by Crippen LogP contribution is -2.51. The Morgan fingerprint density at radius 3 is 1.85 bits per heavy atom. The van der Waals surface area contributed by atoms with Crippen LogP contribution in [-0.4, -0.2) is 49.2 Å². The van der Waals surface area contributed by atoms with E-state index in [0.717, 1.165) is 106 Å². The molecule has 68 heavy (non-hydrogen) atoms. The van der Waals surface area contributed by atoms with Crippen molar-refractivity contribution in [3.05, 3.63) is 11.6 Å². The maximum atomic E-state index is 13.2. The molecule has 4 aliphatic rings. The highest BCUT2D eigenvalue weighted by Gasteiger charge is 2.59. The van der Waals surface area contributed by atoms with Gasteiger partial charge in [-0.25, -0.2) is 0 Å². The normalized spacial score (nSPS) is 26.6. The predicted molar refractivity (Wildman–Crippen MR) is 291 cm³/mol. The van der Waals surface area contributed by atoms with Crippen LogP contribution in [0.2, 0.25) is 0 Å². The molecule has 0 saturated heterocycles. The highest BCUT2D eigenvalue weighted by molar-refractivity contribution is 5.69. The molecule has 5 heteroatoms. The summed E-state index contributed by atoms with van der Waals surface area (Å²) in [5.41, 5.74) is 2.46. The van der Waals surface area contributed by atoms with Gasteiger partial charge in [0.1, 0.15) is 12.2 Å². The standard InChI is InChI=1S/C63H115NO4/c1-10-13-15-17-19-26-35-54(36-27-20-18-16-14-11-2)67-60(65)37-28-22-21-24-33-52(45-48-64(9)12-3)34-25-23-29-38-61(66)68-55-43-46-62(7)53(49-55)39-40-56-58-42-41-57(51(6)32-30-31-50(4)5)63(58,8)47-44-59(56)62/h39,50-52,54-59H,10-38,40-49H2,1-9H3. The molecule has 0 radical (unpaired) electrons. The zero-order valence-electron chi connectivity index (χ0n) is 46.9. The second-order valence-corrected chi connectivity index (χ2v) is 25.0. The van der Waals surface area contributed by atoms with Crippen molar-refractivity contribution in [1.82, 2.24) is 4.90 Å². The molecule has 4 rings (SSSR count). The van der Waals surface area contributed by atoms with Crippen LogP contribution in [0.1, 0.15) is 293 Å². The van der Waals surface area contributed by atoms with Gasteiger partial charge in [0, 0.05) is 19.3 Å². The minimum Gasteiger partial charge on any atom is -0.462 e. The molecule has 3 saturated carbocycles. The Morgan fingerprint density at radius 1 is 0.632 bits per heavy atom. The van der Waals surface area contributed by atoms with E-state index in [1.165, 1.54) is 173 Å². The lowest BCUT2D eigenvalue weighted by Gasteiger charge is -2.58.